The molecule has 0 radical (unpaired) electrons. The van der Waals surface area contributed by atoms with Gasteiger partial charge in [0, 0.05) is 36.6 Å². The number of halogens is 3. The SMILES string of the molecule is COc1ccc2c(c1)N(C)c1ccccc1C2C(=O)Oc1cc(F)c(F)cc1F. The fraction of sp³-hybridized carbons (Fsp3) is 0.136. The third-order valence-corrected chi connectivity index (χ3v) is 4.94. The van der Waals surface area contributed by atoms with Crippen molar-refractivity contribution in [3.05, 3.63) is 83.2 Å². The predicted molar refractivity (Wildman–Crippen MR) is 101 cm³/mol. The highest BCUT2D eigenvalue weighted by Crippen LogP contribution is 2.46. The third kappa shape index (κ3) is 3.18. The molecular formula is C22H16F3NO3. The van der Waals surface area contributed by atoms with E-state index in [2.05, 4.69) is 0 Å². The molecule has 0 fully saturated rings. The monoisotopic (exact) mass is 399 g/mol. The molecule has 1 atom stereocenters. The summed E-state index contributed by atoms with van der Waals surface area (Å²) in [7, 11) is 3.39. The van der Waals surface area contributed by atoms with Crippen molar-refractivity contribution >= 4 is 17.3 Å². The molecule has 1 unspecified atom stereocenters. The highest BCUT2D eigenvalue weighted by molar-refractivity contribution is 5.92. The Hall–Kier alpha value is -3.48. The average Bonchev–Trinajstić information content (AvgIpc) is 2.72. The number of hydrogen-bond acceptors (Lipinski definition) is 4. The number of esters is 1. The van der Waals surface area contributed by atoms with E-state index >= 15 is 0 Å². The second-order valence-electron chi connectivity index (χ2n) is 6.59. The summed E-state index contributed by atoms with van der Waals surface area (Å²) in [5.74, 6) is -5.56. The van der Waals surface area contributed by atoms with Gasteiger partial charge in [0.1, 0.15) is 11.7 Å². The van der Waals surface area contributed by atoms with Crippen molar-refractivity contribution in [2.75, 3.05) is 19.1 Å². The number of nitrogens with zero attached hydrogens (tertiary/aromatic N) is 1. The first-order chi connectivity index (χ1) is 13.9. The van der Waals surface area contributed by atoms with Crippen LogP contribution < -0.4 is 14.4 Å². The molecule has 0 aromatic heterocycles. The summed E-state index contributed by atoms with van der Waals surface area (Å²) < 4.78 is 51.1. The van der Waals surface area contributed by atoms with Gasteiger partial charge in [-0.2, -0.15) is 0 Å². The van der Waals surface area contributed by atoms with Crippen molar-refractivity contribution in [2.45, 2.75) is 5.92 Å². The zero-order chi connectivity index (χ0) is 20.7. The van der Waals surface area contributed by atoms with Crippen LogP contribution in [0.3, 0.4) is 0 Å². The van der Waals surface area contributed by atoms with Crippen molar-refractivity contribution in [3.8, 4) is 11.5 Å². The van der Waals surface area contributed by atoms with Crippen LogP contribution in [0.4, 0.5) is 24.5 Å². The van der Waals surface area contributed by atoms with E-state index in [9.17, 15) is 18.0 Å². The maximum absolute atomic E-state index is 14.0. The normalized spacial score (nSPS) is 14.8. The second kappa shape index (κ2) is 7.16. The fourth-order valence-electron chi connectivity index (χ4n) is 3.52. The Balaban J connectivity index is 1.80. The van der Waals surface area contributed by atoms with E-state index in [4.69, 9.17) is 9.47 Å². The zero-order valence-electron chi connectivity index (χ0n) is 15.6. The number of para-hydroxylation sites is 1. The molecule has 148 valence electrons. The number of carbonyl (C=O) groups is 1. The van der Waals surface area contributed by atoms with Crippen LogP contribution >= 0.6 is 0 Å². The Morgan fingerprint density at radius 1 is 0.897 bits per heavy atom. The van der Waals surface area contributed by atoms with E-state index in [0.717, 1.165) is 11.4 Å². The molecule has 1 heterocycles. The molecule has 4 nitrogen and oxygen atoms in total. The number of anilines is 2. The van der Waals surface area contributed by atoms with Gasteiger partial charge in [0.05, 0.1) is 7.11 Å². The molecule has 0 bridgehead atoms. The number of benzene rings is 3. The molecule has 1 aliphatic heterocycles. The Morgan fingerprint density at radius 2 is 1.59 bits per heavy atom. The fourth-order valence-corrected chi connectivity index (χ4v) is 3.52. The molecule has 3 aromatic rings. The summed E-state index contributed by atoms with van der Waals surface area (Å²) in [6.07, 6.45) is 0. The first-order valence-electron chi connectivity index (χ1n) is 8.77. The van der Waals surface area contributed by atoms with Crippen molar-refractivity contribution in [2.24, 2.45) is 0 Å². The molecule has 7 heteroatoms. The van der Waals surface area contributed by atoms with Crippen LogP contribution in [-0.2, 0) is 4.79 Å². The number of hydrogen-bond donors (Lipinski definition) is 0. The minimum absolute atomic E-state index is 0.347. The van der Waals surface area contributed by atoms with Crippen molar-refractivity contribution in [3.63, 3.8) is 0 Å². The van der Waals surface area contributed by atoms with Gasteiger partial charge < -0.3 is 14.4 Å². The molecule has 0 aliphatic carbocycles. The van der Waals surface area contributed by atoms with Crippen LogP contribution in [0.1, 0.15) is 17.0 Å². The summed E-state index contributed by atoms with van der Waals surface area (Å²) in [6, 6.07) is 13.3. The minimum Gasteiger partial charge on any atom is -0.497 e. The van der Waals surface area contributed by atoms with Gasteiger partial charge in [-0.1, -0.05) is 24.3 Å². The van der Waals surface area contributed by atoms with E-state index < -0.39 is 35.1 Å². The van der Waals surface area contributed by atoms with Gasteiger partial charge in [-0.15, -0.1) is 0 Å². The minimum atomic E-state index is -1.36. The predicted octanol–water partition coefficient (Wildman–Crippen LogP) is 4.93. The molecule has 0 saturated carbocycles. The highest BCUT2D eigenvalue weighted by atomic mass is 19.2. The molecule has 29 heavy (non-hydrogen) atoms. The summed E-state index contributed by atoms with van der Waals surface area (Å²) in [5, 5.41) is 0. The topological polar surface area (TPSA) is 38.8 Å². The molecule has 4 rings (SSSR count). The second-order valence-corrected chi connectivity index (χ2v) is 6.59. The Labute approximate surface area is 165 Å². The van der Waals surface area contributed by atoms with Crippen LogP contribution in [0.5, 0.6) is 11.5 Å². The number of carbonyl (C=O) groups excluding carboxylic acids is 1. The lowest BCUT2D eigenvalue weighted by Gasteiger charge is -2.34. The van der Waals surface area contributed by atoms with Gasteiger partial charge >= 0.3 is 5.97 Å². The largest absolute Gasteiger partial charge is 0.497 e. The van der Waals surface area contributed by atoms with Crippen molar-refractivity contribution in [1.29, 1.82) is 0 Å². The van der Waals surface area contributed by atoms with Crippen LogP contribution in [0, 0.1) is 17.5 Å². The summed E-state index contributed by atoms with van der Waals surface area (Å²) in [6.45, 7) is 0. The van der Waals surface area contributed by atoms with E-state index in [1.807, 2.05) is 24.1 Å². The highest BCUT2D eigenvalue weighted by Gasteiger charge is 2.35. The summed E-state index contributed by atoms with van der Waals surface area (Å²) >= 11 is 0. The molecule has 1 aliphatic rings. The summed E-state index contributed by atoms with van der Waals surface area (Å²) in [4.78, 5) is 15.0. The van der Waals surface area contributed by atoms with Gasteiger partial charge in [0.15, 0.2) is 23.2 Å². The van der Waals surface area contributed by atoms with Gasteiger partial charge in [0.25, 0.3) is 0 Å². The summed E-state index contributed by atoms with van der Waals surface area (Å²) in [5.41, 5.74) is 2.76. The van der Waals surface area contributed by atoms with Crippen molar-refractivity contribution in [1.82, 2.24) is 0 Å². The smallest absolute Gasteiger partial charge is 0.323 e. The third-order valence-electron chi connectivity index (χ3n) is 4.94. The van der Waals surface area contributed by atoms with Gasteiger partial charge in [0.2, 0.25) is 0 Å². The Kier molecular flexibility index (Phi) is 4.66. The quantitative estimate of drug-likeness (QED) is 0.356. The zero-order valence-corrected chi connectivity index (χ0v) is 15.6. The molecule has 0 saturated heterocycles. The molecule has 3 aromatic carbocycles. The Morgan fingerprint density at radius 3 is 2.34 bits per heavy atom. The van der Waals surface area contributed by atoms with E-state index in [1.165, 1.54) is 7.11 Å². The lowest BCUT2D eigenvalue weighted by atomic mass is 9.85. The first kappa shape index (κ1) is 18.9. The van der Waals surface area contributed by atoms with Crippen LogP contribution in [0.2, 0.25) is 0 Å². The number of rotatable bonds is 3. The Bertz CT molecular complexity index is 1120. The number of fused-ring (bicyclic) bond motifs is 2. The molecular weight excluding hydrogens is 383 g/mol. The molecule has 0 N–H and O–H groups in total. The lowest BCUT2D eigenvalue weighted by molar-refractivity contribution is -0.135. The maximum atomic E-state index is 14.0. The average molecular weight is 399 g/mol. The van der Waals surface area contributed by atoms with Crippen molar-refractivity contribution < 1.29 is 27.4 Å². The number of ether oxygens (including phenoxy) is 2. The molecule has 0 amide bonds. The molecule has 0 spiro atoms. The van der Waals surface area contributed by atoms with Crippen LogP contribution in [-0.4, -0.2) is 20.1 Å². The van der Waals surface area contributed by atoms with E-state index in [1.54, 1.807) is 30.3 Å². The van der Waals surface area contributed by atoms with Gasteiger partial charge in [-0.05, 0) is 23.3 Å². The lowest BCUT2D eigenvalue weighted by Crippen LogP contribution is -2.28. The van der Waals surface area contributed by atoms with Crippen LogP contribution in [0.25, 0.3) is 0 Å². The van der Waals surface area contributed by atoms with Gasteiger partial charge in [-0.3, -0.25) is 4.79 Å². The van der Waals surface area contributed by atoms with E-state index in [0.29, 0.717) is 29.0 Å². The maximum Gasteiger partial charge on any atom is 0.323 e. The number of methoxy groups -OCH3 is 1. The first-order valence-corrected chi connectivity index (χ1v) is 8.77. The van der Waals surface area contributed by atoms with Crippen LogP contribution in [0.15, 0.2) is 54.6 Å². The van der Waals surface area contributed by atoms with E-state index in [-0.39, 0.29) is 0 Å². The van der Waals surface area contributed by atoms with Gasteiger partial charge in [-0.25, -0.2) is 13.2 Å². The standard InChI is InChI=1S/C22H16F3NO3/c1-26-18-6-4-3-5-13(18)21(14-8-7-12(28-2)9-19(14)26)22(27)29-20-11-16(24)15(23)10-17(20)25/h3-11,21H,1-2H3.